The highest BCUT2D eigenvalue weighted by molar-refractivity contribution is 5.94. The van der Waals surface area contributed by atoms with Crippen molar-refractivity contribution in [2.45, 2.75) is 44.7 Å². The zero-order valence-corrected chi connectivity index (χ0v) is 24.8. The predicted molar refractivity (Wildman–Crippen MR) is 157 cm³/mol. The van der Waals surface area contributed by atoms with E-state index in [1.165, 1.54) is 25.1 Å². The number of fused-ring (bicyclic) bond motifs is 1. The molecule has 0 heterocycles. The van der Waals surface area contributed by atoms with E-state index in [0.29, 0.717) is 6.42 Å². The molecule has 4 N–H and O–H groups in total. The highest BCUT2D eigenvalue weighted by atomic mass is 19.2. The van der Waals surface area contributed by atoms with Crippen LogP contribution in [0.4, 0.5) is 22.0 Å². The Morgan fingerprint density at radius 1 is 0.886 bits per heavy atom. The molecule has 0 radical (unpaired) electrons. The molecule has 0 saturated carbocycles. The summed E-state index contributed by atoms with van der Waals surface area (Å²) in [7, 11) is 2.65. The van der Waals surface area contributed by atoms with Gasteiger partial charge in [0.05, 0.1) is 5.92 Å². The van der Waals surface area contributed by atoms with Crippen molar-refractivity contribution in [3.63, 3.8) is 0 Å². The molecule has 0 spiro atoms. The zero-order chi connectivity index (χ0) is 32.8. The number of nitrogens with two attached hydrogens (primary N) is 1. The van der Waals surface area contributed by atoms with Crippen LogP contribution in [-0.4, -0.2) is 54.8 Å². The predicted octanol–water partition coefficient (Wildman–Crippen LogP) is 4.31. The van der Waals surface area contributed by atoms with E-state index in [4.69, 9.17) is 5.73 Å². The SMILES string of the molecule is CNC(=O)[C@@H](CNC(=O)[C@@H](Cc1cccc2ccccc12)N(C)C(=O)C=CCC(C)(C)N)Cc1c(F)c(F)c(F)c(F)c1F. The maximum absolute atomic E-state index is 14.4. The molecule has 12 heteroatoms. The quantitative estimate of drug-likeness (QED) is 0.122. The van der Waals surface area contributed by atoms with Crippen molar-refractivity contribution in [2.75, 3.05) is 20.6 Å². The van der Waals surface area contributed by atoms with E-state index in [9.17, 15) is 36.3 Å². The maximum atomic E-state index is 14.4. The monoisotopic (exact) mass is 618 g/mol. The first kappa shape index (κ1) is 34.2. The summed E-state index contributed by atoms with van der Waals surface area (Å²) in [6.07, 6.45) is 2.45. The summed E-state index contributed by atoms with van der Waals surface area (Å²) >= 11 is 0. The molecule has 7 nitrogen and oxygen atoms in total. The average molecular weight is 619 g/mol. The number of nitrogens with zero attached hydrogens (tertiary/aromatic N) is 1. The fraction of sp³-hybridized carbons (Fsp3) is 0.344. The van der Waals surface area contributed by atoms with Crippen LogP contribution in [0.2, 0.25) is 0 Å². The van der Waals surface area contributed by atoms with E-state index in [2.05, 4.69) is 10.6 Å². The van der Waals surface area contributed by atoms with Crippen molar-refractivity contribution in [2.24, 2.45) is 11.7 Å². The van der Waals surface area contributed by atoms with Gasteiger partial charge in [0.25, 0.3) is 0 Å². The summed E-state index contributed by atoms with van der Waals surface area (Å²) < 4.78 is 70.0. The molecular formula is C32H35F5N4O3. The number of nitrogens with one attached hydrogen (secondary N) is 2. The van der Waals surface area contributed by atoms with Crippen LogP contribution in [-0.2, 0) is 27.2 Å². The third-order valence-electron chi connectivity index (χ3n) is 7.21. The topological polar surface area (TPSA) is 105 Å². The van der Waals surface area contributed by atoms with Gasteiger partial charge in [-0.05, 0) is 49.1 Å². The summed E-state index contributed by atoms with van der Waals surface area (Å²) in [5, 5.41) is 6.57. The first-order valence-electron chi connectivity index (χ1n) is 13.8. The van der Waals surface area contributed by atoms with Gasteiger partial charge in [0.2, 0.25) is 23.5 Å². The van der Waals surface area contributed by atoms with Gasteiger partial charge in [-0.2, -0.15) is 0 Å². The molecule has 0 unspecified atom stereocenters. The fourth-order valence-corrected chi connectivity index (χ4v) is 4.70. The first-order chi connectivity index (χ1) is 20.7. The number of benzene rings is 3. The lowest BCUT2D eigenvalue weighted by atomic mass is 9.95. The van der Waals surface area contributed by atoms with Crippen LogP contribution in [0.25, 0.3) is 10.8 Å². The Labute approximate surface area is 252 Å². The van der Waals surface area contributed by atoms with Crippen LogP contribution in [0.1, 0.15) is 31.4 Å². The van der Waals surface area contributed by atoms with Crippen LogP contribution in [0, 0.1) is 35.0 Å². The number of hydrogen-bond acceptors (Lipinski definition) is 4. The molecule has 3 rings (SSSR count). The van der Waals surface area contributed by atoms with Gasteiger partial charge in [0.1, 0.15) is 6.04 Å². The average Bonchev–Trinajstić information content (AvgIpc) is 2.99. The van der Waals surface area contributed by atoms with Crippen LogP contribution in [0.15, 0.2) is 54.6 Å². The van der Waals surface area contributed by atoms with Crippen LogP contribution >= 0.6 is 0 Å². The lowest BCUT2D eigenvalue weighted by molar-refractivity contribution is -0.136. The number of rotatable bonds is 12. The number of amides is 3. The van der Waals surface area contributed by atoms with Crippen molar-refractivity contribution in [3.8, 4) is 0 Å². The molecule has 0 fully saturated rings. The minimum Gasteiger partial charge on any atom is -0.359 e. The van der Waals surface area contributed by atoms with E-state index in [0.717, 1.165) is 16.3 Å². The second-order valence-corrected chi connectivity index (χ2v) is 11.2. The van der Waals surface area contributed by atoms with Crippen molar-refractivity contribution < 1.29 is 36.3 Å². The third kappa shape index (κ3) is 8.19. The molecule has 3 amide bonds. The molecule has 3 aromatic rings. The van der Waals surface area contributed by atoms with Gasteiger partial charge in [-0.3, -0.25) is 14.4 Å². The van der Waals surface area contributed by atoms with Crippen molar-refractivity contribution in [1.82, 2.24) is 15.5 Å². The number of carbonyl (C=O) groups excluding carboxylic acids is 3. The number of hydrogen-bond donors (Lipinski definition) is 3. The summed E-state index contributed by atoms with van der Waals surface area (Å²) in [6.45, 7) is 3.05. The van der Waals surface area contributed by atoms with Gasteiger partial charge in [0.15, 0.2) is 23.3 Å². The van der Waals surface area contributed by atoms with Gasteiger partial charge in [0, 0.05) is 38.2 Å². The highest BCUT2D eigenvalue weighted by Crippen LogP contribution is 2.26. The smallest absolute Gasteiger partial charge is 0.246 e. The molecule has 0 saturated heterocycles. The van der Waals surface area contributed by atoms with Gasteiger partial charge in [-0.25, -0.2) is 22.0 Å². The molecule has 0 bridgehead atoms. The lowest BCUT2D eigenvalue weighted by Crippen LogP contribution is -2.50. The molecule has 236 valence electrons. The van der Waals surface area contributed by atoms with Gasteiger partial charge >= 0.3 is 0 Å². The van der Waals surface area contributed by atoms with Crippen molar-refractivity contribution >= 4 is 28.5 Å². The Morgan fingerprint density at radius 3 is 2.09 bits per heavy atom. The van der Waals surface area contributed by atoms with E-state index < -0.39 is 82.8 Å². The standard InChI is InChI=1S/C32H35F5N4O3/c1-32(2,38)14-8-13-24(42)41(4)23(16-19-11-7-10-18-9-5-6-12-21(18)19)31(44)40-17-20(30(43)39-3)15-22-25(33)27(35)29(37)28(36)26(22)34/h5-13,20,23H,14-17,38H2,1-4H3,(H,39,43)(H,40,44)/t20-,23-/m1/s1. The fourth-order valence-electron chi connectivity index (χ4n) is 4.70. The summed E-state index contributed by atoms with van der Waals surface area (Å²) in [5.41, 5.74) is 4.98. The molecule has 0 aliphatic heterocycles. The Morgan fingerprint density at radius 2 is 1.48 bits per heavy atom. The molecule has 3 aromatic carbocycles. The molecule has 0 aliphatic carbocycles. The van der Waals surface area contributed by atoms with Crippen LogP contribution < -0.4 is 16.4 Å². The van der Waals surface area contributed by atoms with E-state index >= 15 is 0 Å². The number of halogens is 5. The molecule has 2 atom stereocenters. The van der Waals surface area contributed by atoms with Crippen LogP contribution in [0.5, 0.6) is 0 Å². The minimum atomic E-state index is -2.32. The first-order valence-corrected chi connectivity index (χ1v) is 13.8. The van der Waals surface area contributed by atoms with Crippen LogP contribution in [0.3, 0.4) is 0 Å². The third-order valence-corrected chi connectivity index (χ3v) is 7.21. The molecular weight excluding hydrogens is 583 g/mol. The normalized spacial score (nSPS) is 13.1. The van der Waals surface area contributed by atoms with Gasteiger partial charge < -0.3 is 21.3 Å². The Kier molecular flexibility index (Phi) is 11.2. The lowest BCUT2D eigenvalue weighted by Gasteiger charge is -2.28. The van der Waals surface area contributed by atoms with Crippen molar-refractivity contribution in [3.05, 3.63) is 94.8 Å². The minimum absolute atomic E-state index is 0.0634. The van der Waals surface area contributed by atoms with Gasteiger partial charge in [-0.15, -0.1) is 0 Å². The Hall–Kier alpha value is -4.32. The number of likely N-dealkylation sites (N-methyl/N-ethyl adjacent to an activating group) is 1. The molecule has 0 aromatic heterocycles. The van der Waals surface area contributed by atoms with E-state index in [1.54, 1.807) is 19.9 Å². The van der Waals surface area contributed by atoms with E-state index in [-0.39, 0.29) is 6.42 Å². The maximum Gasteiger partial charge on any atom is 0.246 e. The van der Waals surface area contributed by atoms with E-state index in [1.807, 2.05) is 42.5 Å². The summed E-state index contributed by atoms with van der Waals surface area (Å²) in [4.78, 5) is 40.5. The molecule has 44 heavy (non-hydrogen) atoms. The zero-order valence-electron chi connectivity index (χ0n) is 24.8. The van der Waals surface area contributed by atoms with Gasteiger partial charge in [-0.1, -0.05) is 48.5 Å². The van der Waals surface area contributed by atoms with Crippen molar-refractivity contribution in [1.29, 1.82) is 0 Å². The largest absolute Gasteiger partial charge is 0.359 e. The second-order valence-electron chi connectivity index (χ2n) is 11.2. The second kappa shape index (κ2) is 14.4. The highest BCUT2D eigenvalue weighted by Gasteiger charge is 2.32. The Balaban J connectivity index is 1.91. The summed E-state index contributed by atoms with van der Waals surface area (Å²) in [5.74, 6) is -14.1. The number of carbonyl (C=O) groups is 3. The summed E-state index contributed by atoms with van der Waals surface area (Å²) in [6, 6.07) is 11.9. The Bertz CT molecular complexity index is 1540. The molecule has 0 aliphatic rings.